The molecule has 9 heteroatoms. The SMILES string of the molecule is C#CCOc1c(Br)cc([C@@H]2[C@@H]3CCCN3[C@]3(C(=O)Nc4ccccc43)[C@@H]2[N+](=O)[O-])cc1OCC. The second-order valence-electron chi connectivity index (χ2n) is 8.68. The zero-order valence-electron chi connectivity index (χ0n) is 18.6. The first-order valence-electron chi connectivity index (χ1n) is 11.3. The van der Waals surface area contributed by atoms with Crippen molar-refractivity contribution in [2.24, 2.45) is 0 Å². The molecule has 3 aliphatic heterocycles. The molecule has 5 rings (SSSR count). The Kier molecular flexibility index (Phi) is 5.74. The van der Waals surface area contributed by atoms with Crippen molar-refractivity contribution in [2.75, 3.05) is 25.1 Å². The minimum Gasteiger partial charge on any atom is -0.490 e. The highest BCUT2D eigenvalue weighted by molar-refractivity contribution is 9.10. The quantitative estimate of drug-likeness (QED) is 0.349. The average Bonchev–Trinajstić information content (AvgIpc) is 3.46. The number of terminal acetylenes is 1. The minimum atomic E-state index is -1.36. The Morgan fingerprint density at radius 3 is 2.88 bits per heavy atom. The molecule has 4 atom stereocenters. The number of nitrogens with zero attached hydrogens (tertiary/aromatic N) is 2. The van der Waals surface area contributed by atoms with E-state index in [0.29, 0.717) is 40.4 Å². The summed E-state index contributed by atoms with van der Waals surface area (Å²) in [6.07, 6.45) is 6.99. The highest BCUT2D eigenvalue weighted by Crippen LogP contribution is 2.58. The Morgan fingerprint density at radius 2 is 2.15 bits per heavy atom. The number of para-hydroxylation sites is 1. The van der Waals surface area contributed by atoms with Crippen molar-refractivity contribution in [2.45, 2.75) is 43.3 Å². The molecule has 34 heavy (non-hydrogen) atoms. The van der Waals surface area contributed by atoms with E-state index in [0.717, 1.165) is 18.4 Å². The molecule has 0 saturated carbocycles. The summed E-state index contributed by atoms with van der Waals surface area (Å²) in [5, 5.41) is 15.7. The topological polar surface area (TPSA) is 93.9 Å². The Labute approximate surface area is 205 Å². The van der Waals surface area contributed by atoms with Crippen LogP contribution < -0.4 is 14.8 Å². The van der Waals surface area contributed by atoms with E-state index < -0.39 is 17.5 Å². The number of nitro groups is 1. The summed E-state index contributed by atoms with van der Waals surface area (Å²) < 4.78 is 12.1. The van der Waals surface area contributed by atoms with Crippen molar-refractivity contribution >= 4 is 27.5 Å². The van der Waals surface area contributed by atoms with Crippen LogP contribution in [0.1, 0.15) is 36.8 Å². The van der Waals surface area contributed by atoms with Crippen LogP contribution in [0.5, 0.6) is 11.5 Å². The van der Waals surface area contributed by atoms with Gasteiger partial charge in [0.2, 0.25) is 0 Å². The number of amides is 1. The van der Waals surface area contributed by atoms with Gasteiger partial charge in [-0.3, -0.25) is 19.8 Å². The van der Waals surface area contributed by atoms with Gasteiger partial charge in [0, 0.05) is 28.8 Å². The standard InChI is InChI=1S/C25H24BrN3O5/c1-3-12-34-22-17(26)13-15(14-20(22)33-4-2)21-19-10-7-11-28(19)25(23(21)29(31)32)16-8-5-6-9-18(16)27-24(25)30/h1,5-6,8-9,13-14,19,21,23H,4,7,10-12H2,2H3,(H,27,30)/t19-,21+,23+,25-/m0/s1. The van der Waals surface area contributed by atoms with Crippen LogP contribution in [0.25, 0.3) is 0 Å². The van der Waals surface area contributed by atoms with Crippen LogP contribution in [0.4, 0.5) is 5.69 Å². The van der Waals surface area contributed by atoms with Gasteiger partial charge in [0.1, 0.15) is 6.61 Å². The molecule has 0 bridgehead atoms. The highest BCUT2D eigenvalue weighted by atomic mass is 79.9. The Balaban J connectivity index is 1.70. The van der Waals surface area contributed by atoms with Crippen molar-refractivity contribution in [1.29, 1.82) is 0 Å². The second kappa shape index (κ2) is 8.60. The van der Waals surface area contributed by atoms with E-state index in [9.17, 15) is 14.9 Å². The third kappa shape index (κ3) is 3.12. The van der Waals surface area contributed by atoms with E-state index in [4.69, 9.17) is 15.9 Å². The Hall–Kier alpha value is -3.09. The van der Waals surface area contributed by atoms with Gasteiger partial charge in [0.25, 0.3) is 11.9 Å². The zero-order chi connectivity index (χ0) is 24.0. The fourth-order valence-corrected chi connectivity index (χ4v) is 6.65. The molecule has 1 amide bonds. The number of anilines is 1. The number of nitrogens with one attached hydrogen (secondary N) is 1. The molecule has 0 unspecified atom stereocenters. The largest absolute Gasteiger partial charge is 0.490 e. The minimum absolute atomic E-state index is 0.0649. The lowest BCUT2D eigenvalue weighted by molar-refractivity contribution is -0.534. The molecule has 3 aliphatic rings. The lowest BCUT2D eigenvalue weighted by Gasteiger charge is -2.32. The number of benzene rings is 2. The fourth-order valence-electron chi connectivity index (χ4n) is 6.07. The summed E-state index contributed by atoms with van der Waals surface area (Å²) in [7, 11) is 0. The summed E-state index contributed by atoms with van der Waals surface area (Å²) in [4.78, 5) is 28.1. The summed E-state index contributed by atoms with van der Waals surface area (Å²) in [5.41, 5.74) is 0.688. The maximum absolute atomic E-state index is 13.6. The van der Waals surface area contributed by atoms with Gasteiger partial charge in [-0.15, -0.1) is 6.42 Å². The molecule has 0 aliphatic carbocycles. The monoisotopic (exact) mass is 525 g/mol. The van der Waals surface area contributed by atoms with E-state index in [-0.39, 0.29) is 23.5 Å². The van der Waals surface area contributed by atoms with Crippen molar-refractivity contribution in [1.82, 2.24) is 4.90 Å². The molecule has 0 aromatic heterocycles. The first-order valence-corrected chi connectivity index (χ1v) is 12.1. The Bertz CT molecular complexity index is 1210. The van der Waals surface area contributed by atoms with E-state index in [1.54, 1.807) is 12.1 Å². The number of hydrogen-bond donors (Lipinski definition) is 1. The van der Waals surface area contributed by atoms with E-state index in [2.05, 4.69) is 32.1 Å². The number of carbonyl (C=O) groups excluding carboxylic acids is 1. The van der Waals surface area contributed by atoms with Crippen LogP contribution in [0.3, 0.4) is 0 Å². The maximum Gasteiger partial charge on any atom is 0.256 e. The van der Waals surface area contributed by atoms with Crippen LogP contribution in [-0.4, -0.2) is 47.6 Å². The van der Waals surface area contributed by atoms with Crippen molar-refractivity contribution in [3.05, 3.63) is 62.1 Å². The van der Waals surface area contributed by atoms with E-state index in [1.807, 2.05) is 31.2 Å². The van der Waals surface area contributed by atoms with E-state index in [1.165, 1.54) is 0 Å². The molecular weight excluding hydrogens is 502 g/mol. The molecule has 2 saturated heterocycles. The van der Waals surface area contributed by atoms with Crippen molar-refractivity contribution in [3.8, 4) is 23.8 Å². The highest BCUT2D eigenvalue weighted by Gasteiger charge is 2.73. The summed E-state index contributed by atoms with van der Waals surface area (Å²) >= 11 is 3.55. The summed E-state index contributed by atoms with van der Waals surface area (Å²) in [5.74, 6) is 2.51. The molecule has 2 fully saturated rings. The molecule has 1 N–H and O–H groups in total. The van der Waals surface area contributed by atoms with Crippen LogP contribution in [0.2, 0.25) is 0 Å². The van der Waals surface area contributed by atoms with Crippen LogP contribution in [0, 0.1) is 22.5 Å². The normalized spacial score (nSPS) is 27.2. The van der Waals surface area contributed by atoms with Gasteiger partial charge >= 0.3 is 0 Å². The molecule has 8 nitrogen and oxygen atoms in total. The molecule has 0 radical (unpaired) electrons. The van der Waals surface area contributed by atoms with Gasteiger partial charge in [-0.05, 0) is 59.5 Å². The molecule has 3 heterocycles. The van der Waals surface area contributed by atoms with Crippen molar-refractivity contribution < 1.29 is 19.2 Å². The summed E-state index contributed by atoms with van der Waals surface area (Å²) in [6.45, 7) is 2.93. The van der Waals surface area contributed by atoms with E-state index >= 15 is 0 Å². The van der Waals surface area contributed by atoms with Crippen LogP contribution in [0.15, 0.2) is 40.9 Å². The van der Waals surface area contributed by atoms with Gasteiger partial charge < -0.3 is 14.8 Å². The number of fused-ring (bicyclic) bond motifs is 4. The first-order chi connectivity index (χ1) is 16.4. The predicted octanol–water partition coefficient (Wildman–Crippen LogP) is 3.91. The predicted molar refractivity (Wildman–Crippen MR) is 130 cm³/mol. The average molecular weight is 526 g/mol. The molecule has 1 spiro atoms. The number of rotatable bonds is 6. The van der Waals surface area contributed by atoms with Crippen molar-refractivity contribution in [3.63, 3.8) is 0 Å². The third-order valence-electron chi connectivity index (χ3n) is 7.11. The van der Waals surface area contributed by atoms with Gasteiger partial charge in [-0.1, -0.05) is 24.1 Å². The maximum atomic E-state index is 13.6. The van der Waals surface area contributed by atoms with Crippen LogP contribution in [-0.2, 0) is 10.3 Å². The molecule has 176 valence electrons. The molecular formula is C25H24BrN3O5. The fraction of sp³-hybridized carbons (Fsp3) is 0.400. The third-order valence-corrected chi connectivity index (χ3v) is 7.70. The van der Waals surface area contributed by atoms with Crippen LogP contribution >= 0.6 is 15.9 Å². The lowest BCUT2D eigenvalue weighted by Crippen LogP contribution is -2.55. The molecule has 2 aromatic carbocycles. The first kappa shape index (κ1) is 22.7. The summed E-state index contributed by atoms with van der Waals surface area (Å²) in [6, 6.07) is 9.61. The number of carbonyl (C=O) groups is 1. The van der Waals surface area contributed by atoms with Gasteiger partial charge in [-0.2, -0.15) is 0 Å². The number of hydrogen-bond acceptors (Lipinski definition) is 6. The molecule has 2 aromatic rings. The lowest BCUT2D eigenvalue weighted by atomic mass is 9.77. The van der Waals surface area contributed by atoms with Gasteiger partial charge in [0.15, 0.2) is 17.0 Å². The smallest absolute Gasteiger partial charge is 0.256 e. The number of ether oxygens (including phenoxy) is 2. The van der Waals surface area contributed by atoms with Gasteiger partial charge in [-0.25, -0.2) is 0 Å². The zero-order valence-corrected chi connectivity index (χ0v) is 20.2. The van der Waals surface area contributed by atoms with Gasteiger partial charge in [0.05, 0.1) is 17.0 Å². The Morgan fingerprint density at radius 1 is 1.35 bits per heavy atom. The number of halogens is 1. The second-order valence-corrected chi connectivity index (χ2v) is 9.54.